The van der Waals surface area contributed by atoms with Crippen LogP contribution in [0.15, 0.2) is 18.2 Å². The van der Waals surface area contributed by atoms with Crippen LogP contribution in [-0.2, 0) is 11.2 Å². The van der Waals surface area contributed by atoms with E-state index in [9.17, 15) is 4.79 Å². The Kier molecular flexibility index (Phi) is 3.17. The average molecular weight is 253 g/mol. The summed E-state index contributed by atoms with van der Waals surface area (Å²) in [6, 6.07) is 5.97. The van der Waals surface area contributed by atoms with Crippen LogP contribution in [0.3, 0.4) is 0 Å². The number of hydrogen-bond donors (Lipinski definition) is 1. The zero-order valence-electron chi connectivity index (χ0n) is 10.2. The third kappa shape index (κ3) is 2.81. The maximum Gasteiger partial charge on any atom is 0.309 e. The molecular weight excluding hydrogens is 236 g/mol. The molecule has 1 N–H and O–H groups in total. The lowest BCUT2D eigenvalue weighted by Crippen LogP contribution is -2.26. The molecule has 0 saturated heterocycles. The van der Waals surface area contributed by atoms with Gasteiger partial charge in [-0.1, -0.05) is 23.7 Å². The van der Waals surface area contributed by atoms with Crippen molar-refractivity contribution in [3.63, 3.8) is 0 Å². The monoisotopic (exact) mass is 252 g/mol. The van der Waals surface area contributed by atoms with Crippen LogP contribution in [-0.4, -0.2) is 11.1 Å². The molecule has 0 radical (unpaired) electrons. The zero-order chi connectivity index (χ0) is 12.6. The number of carboxylic acids is 1. The summed E-state index contributed by atoms with van der Waals surface area (Å²) in [6.45, 7) is 3.47. The van der Waals surface area contributed by atoms with Gasteiger partial charge in [0, 0.05) is 5.02 Å². The maximum absolute atomic E-state index is 11.1. The lowest BCUT2D eigenvalue weighted by atomic mass is 9.85. The predicted octanol–water partition coefficient (Wildman–Crippen LogP) is 3.87. The van der Waals surface area contributed by atoms with Gasteiger partial charge < -0.3 is 5.11 Å². The van der Waals surface area contributed by atoms with E-state index in [1.807, 2.05) is 18.2 Å². The molecule has 0 aromatic heterocycles. The molecule has 17 heavy (non-hydrogen) atoms. The van der Waals surface area contributed by atoms with Crippen molar-refractivity contribution in [3.8, 4) is 0 Å². The van der Waals surface area contributed by atoms with E-state index in [1.54, 1.807) is 13.8 Å². The largest absolute Gasteiger partial charge is 0.481 e. The number of aliphatic carboxylic acids is 1. The highest BCUT2D eigenvalue weighted by atomic mass is 35.5. The third-order valence-electron chi connectivity index (χ3n) is 3.31. The molecule has 0 unspecified atom stereocenters. The van der Waals surface area contributed by atoms with Crippen LogP contribution >= 0.6 is 11.6 Å². The van der Waals surface area contributed by atoms with Crippen LogP contribution in [0.4, 0.5) is 0 Å². The fourth-order valence-corrected chi connectivity index (χ4v) is 2.35. The maximum atomic E-state index is 11.1. The van der Waals surface area contributed by atoms with Gasteiger partial charge in [0.2, 0.25) is 0 Å². The summed E-state index contributed by atoms with van der Waals surface area (Å²) in [5.41, 5.74) is 1.46. The first-order valence-corrected chi connectivity index (χ1v) is 6.29. The van der Waals surface area contributed by atoms with Crippen molar-refractivity contribution in [2.24, 2.45) is 5.41 Å². The first-order valence-electron chi connectivity index (χ1n) is 5.92. The molecule has 0 atom stereocenters. The van der Waals surface area contributed by atoms with Gasteiger partial charge in [-0.05, 0) is 56.2 Å². The molecular formula is C14H17ClO2. The minimum Gasteiger partial charge on any atom is -0.481 e. The average Bonchev–Trinajstić information content (AvgIpc) is 3.00. The Bertz CT molecular complexity index is 448. The van der Waals surface area contributed by atoms with Gasteiger partial charge in [0.05, 0.1) is 5.41 Å². The van der Waals surface area contributed by atoms with Gasteiger partial charge >= 0.3 is 5.97 Å². The van der Waals surface area contributed by atoms with E-state index >= 15 is 0 Å². The Morgan fingerprint density at radius 1 is 1.47 bits per heavy atom. The molecule has 0 amide bonds. The summed E-state index contributed by atoms with van der Waals surface area (Å²) >= 11 is 6.23. The Hall–Kier alpha value is -1.02. The van der Waals surface area contributed by atoms with E-state index < -0.39 is 11.4 Å². The van der Waals surface area contributed by atoms with Gasteiger partial charge in [-0.15, -0.1) is 0 Å². The lowest BCUT2D eigenvalue weighted by Gasteiger charge is -2.19. The van der Waals surface area contributed by atoms with E-state index in [2.05, 4.69) is 0 Å². The fraction of sp³-hybridized carbons (Fsp3) is 0.500. The molecule has 1 aliphatic rings. The van der Waals surface area contributed by atoms with Crippen molar-refractivity contribution in [1.82, 2.24) is 0 Å². The highest BCUT2D eigenvalue weighted by Gasteiger charge is 2.29. The van der Waals surface area contributed by atoms with Gasteiger partial charge in [-0.25, -0.2) is 0 Å². The van der Waals surface area contributed by atoms with Crippen LogP contribution in [0, 0.1) is 5.41 Å². The quantitative estimate of drug-likeness (QED) is 0.883. The van der Waals surface area contributed by atoms with Crippen molar-refractivity contribution >= 4 is 17.6 Å². The second kappa shape index (κ2) is 4.34. The molecule has 0 aliphatic heterocycles. The standard InChI is InChI=1S/C14H17ClO2/c1-14(2,13(16)17)8-9-3-6-11(10-4-5-10)12(15)7-9/h3,6-7,10H,4-5,8H2,1-2H3,(H,16,17). The molecule has 1 aromatic rings. The van der Waals surface area contributed by atoms with E-state index in [1.165, 1.54) is 18.4 Å². The minimum atomic E-state index is -0.778. The van der Waals surface area contributed by atoms with Gasteiger partial charge in [0.1, 0.15) is 0 Å². The summed E-state index contributed by atoms with van der Waals surface area (Å²) in [6.07, 6.45) is 2.95. The highest BCUT2D eigenvalue weighted by Crippen LogP contribution is 2.43. The number of carboxylic acid groups (broad SMARTS) is 1. The fourth-order valence-electron chi connectivity index (χ4n) is 1.99. The number of carbonyl (C=O) groups is 1. The van der Waals surface area contributed by atoms with E-state index in [0.29, 0.717) is 12.3 Å². The van der Waals surface area contributed by atoms with Gasteiger partial charge in [0.25, 0.3) is 0 Å². The summed E-state index contributed by atoms with van der Waals surface area (Å²) in [5, 5.41) is 9.88. The minimum absolute atomic E-state index is 0.507. The van der Waals surface area contributed by atoms with Crippen molar-refractivity contribution in [3.05, 3.63) is 34.3 Å². The normalized spacial score (nSPS) is 15.9. The Labute approximate surface area is 107 Å². The molecule has 2 nitrogen and oxygen atoms in total. The molecule has 0 heterocycles. The second-order valence-corrected chi connectivity index (χ2v) is 5.90. The molecule has 1 aromatic carbocycles. The molecule has 2 rings (SSSR count). The molecule has 0 spiro atoms. The molecule has 1 fully saturated rings. The van der Waals surface area contributed by atoms with E-state index in [0.717, 1.165) is 10.6 Å². The van der Waals surface area contributed by atoms with Crippen LogP contribution < -0.4 is 0 Å². The van der Waals surface area contributed by atoms with Crippen molar-refractivity contribution < 1.29 is 9.90 Å². The smallest absolute Gasteiger partial charge is 0.309 e. The summed E-state index contributed by atoms with van der Waals surface area (Å²) in [4.78, 5) is 11.1. The molecule has 0 bridgehead atoms. The highest BCUT2D eigenvalue weighted by molar-refractivity contribution is 6.31. The van der Waals surface area contributed by atoms with Crippen LogP contribution in [0.2, 0.25) is 5.02 Å². The Morgan fingerprint density at radius 2 is 2.12 bits per heavy atom. The van der Waals surface area contributed by atoms with Crippen molar-refractivity contribution in [2.75, 3.05) is 0 Å². The third-order valence-corrected chi connectivity index (χ3v) is 3.63. The van der Waals surface area contributed by atoms with Gasteiger partial charge in [-0.3, -0.25) is 4.79 Å². The van der Waals surface area contributed by atoms with Gasteiger partial charge in [0.15, 0.2) is 0 Å². The summed E-state index contributed by atoms with van der Waals surface area (Å²) < 4.78 is 0. The molecule has 1 saturated carbocycles. The molecule has 3 heteroatoms. The Balaban J connectivity index is 2.17. The van der Waals surface area contributed by atoms with Crippen LogP contribution in [0.5, 0.6) is 0 Å². The number of hydrogen-bond acceptors (Lipinski definition) is 1. The first kappa shape index (κ1) is 12.4. The number of rotatable bonds is 4. The summed E-state index contributed by atoms with van der Waals surface area (Å²) in [7, 11) is 0. The summed E-state index contributed by atoms with van der Waals surface area (Å²) in [5.74, 6) is -0.149. The van der Waals surface area contributed by atoms with E-state index in [-0.39, 0.29) is 0 Å². The lowest BCUT2D eigenvalue weighted by molar-refractivity contribution is -0.146. The van der Waals surface area contributed by atoms with Gasteiger partial charge in [-0.2, -0.15) is 0 Å². The number of benzene rings is 1. The Morgan fingerprint density at radius 3 is 2.59 bits per heavy atom. The first-order chi connectivity index (χ1) is 7.90. The van der Waals surface area contributed by atoms with Crippen molar-refractivity contribution in [2.45, 2.75) is 39.0 Å². The SMILES string of the molecule is CC(C)(Cc1ccc(C2CC2)c(Cl)c1)C(=O)O. The van der Waals surface area contributed by atoms with Crippen LogP contribution in [0.1, 0.15) is 43.7 Å². The molecule has 92 valence electrons. The topological polar surface area (TPSA) is 37.3 Å². The molecule has 1 aliphatic carbocycles. The van der Waals surface area contributed by atoms with Crippen molar-refractivity contribution in [1.29, 1.82) is 0 Å². The van der Waals surface area contributed by atoms with Crippen LogP contribution in [0.25, 0.3) is 0 Å². The number of halogens is 1. The van der Waals surface area contributed by atoms with E-state index in [4.69, 9.17) is 16.7 Å². The second-order valence-electron chi connectivity index (χ2n) is 5.50. The predicted molar refractivity (Wildman–Crippen MR) is 68.5 cm³/mol. The zero-order valence-corrected chi connectivity index (χ0v) is 10.9.